The first kappa shape index (κ1) is 11.7. The summed E-state index contributed by atoms with van der Waals surface area (Å²) in [5.41, 5.74) is 4.00. The maximum Gasteiger partial charge on any atom is 0.0991 e. The lowest BCUT2D eigenvalue weighted by Crippen LogP contribution is -2.21. The summed E-state index contributed by atoms with van der Waals surface area (Å²) < 4.78 is 0. The van der Waals surface area contributed by atoms with Crippen LogP contribution in [-0.4, -0.2) is 18.3 Å². The number of benzene rings is 1. The Hall–Kier alpha value is -1.41. The Labute approximate surface area is 89.1 Å². The second-order valence-electron chi connectivity index (χ2n) is 3.03. The lowest BCUT2D eigenvalue weighted by atomic mass is 10.1. The Kier molecular flexibility index (Phi) is 4.78. The van der Waals surface area contributed by atoms with Crippen LogP contribution in [0.3, 0.4) is 0 Å². The molecule has 1 rings (SSSR count). The van der Waals surface area contributed by atoms with Crippen LogP contribution in [0.15, 0.2) is 24.3 Å². The molecule has 2 N–H and O–H groups in total. The molecule has 4 heteroatoms. The van der Waals surface area contributed by atoms with Crippen LogP contribution in [0.1, 0.15) is 24.2 Å². The minimum atomic E-state index is -0.621. The van der Waals surface area contributed by atoms with Crippen LogP contribution in [0.2, 0.25) is 0 Å². The van der Waals surface area contributed by atoms with E-state index in [1.165, 1.54) is 0 Å². The minimum Gasteiger partial charge on any atom is -0.387 e. The molecule has 0 aliphatic rings. The van der Waals surface area contributed by atoms with Crippen molar-refractivity contribution in [3.05, 3.63) is 35.4 Å². The molecule has 0 bridgehead atoms. The van der Waals surface area contributed by atoms with Crippen molar-refractivity contribution in [2.45, 2.75) is 13.0 Å². The van der Waals surface area contributed by atoms with E-state index in [0.29, 0.717) is 18.7 Å². The van der Waals surface area contributed by atoms with Crippen LogP contribution < -0.4 is 5.48 Å². The molecular weight excluding hydrogens is 192 g/mol. The molecule has 0 aliphatic heterocycles. The molecule has 1 unspecified atom stereocenters. The van der Waals surface area contributed by atoms with Gasteiger partial charge in [-0.3, -0.25) is 0 Å². The Balaban J connectivity index is 2.51. The van der Waals surface area contributed by atoms with E-state index in [1.54, 1.807) is 24.3 Å². The number of hydrogen-bond donors (Lipinski definition) is 2. The number of aliphatic hydroxyl groups is 1. The maximum absolute atomic E-state index is 9.69. The molecule has 4 nitrogen and oxygen atoms in total. The molecule has 0 heterocycles. The first-order valence-electron chi connectivity index (χ1n) is 4.80. The number of nitrogens with one attached hydrogen (secondary N) is 1. The van der Waals surface area contributed by atoms with E-state index in [0.717, 1.165) is 5.56 Å². The van der Waals surface area contributed by atoms with Crippen LogP contribution in [0, 0.1) is 11.3 Å². The third kappa shape index (κ3) is 3.68. The third-order valence-electron chi connectivity index (χ3n) is 1.95. The molecule has 0 aromatic heterocycles. The van der Waals surface area contributed by atoms with E-state index in [9.17, 15) is 5.11 Å². The summed E-state index contributed by atoms with van der Waals surface area (Å²) in [5, 5.41) is 18.3. The van der Waals surface area contributed by atoms with Gasteiger partial charge in [0.1, 0.15) is 0 Å². The van der Waals surface area contributed by atoms with Crippen molar-refractivity contribution in [2.75, 3.05) is 13.2 Å². The van der Waals surface area contributed by atoms with Crippen LogP contribution in [0.5, 0.6) is 0 Å². The van der Waals surface area contributed by atoms with Crippen molar-refractivity contribution in [1.82, 2.24) is 5.48 Å². The molecule has 80 valence electrons. The normalized spacial score (nSPS) is 12.1. The number of hydrogen-bond acceptors (Lipinski definition) is 4. The lowest BCUT2D eigenvalue weighted by molar-refractivity contribution is 0.0209. The molecule has 0 aliphatic carbocycles. The van der Waals surface area contributed by atoms with Gasteiger partial charge in [0.05, 0.1) is 30.9 Å². The summed E-state index contributed by atoms with van der Waals surface area (Å²) in [6, 6.07) is 8.85. The second kappa shape index (κ2) is 6.14. The van der Waals surface area contributed by atoms with Gasteiger partial charge in [-0.2, -0.15) is 10.7 Å². The van der Waals surface area contributed by atoms with Gasteiger partial charge in [0.15, 0.2) is 0 Å². The van der Waals surface area contributed by atoms with E-state index >= 15 is 0 Å². The number of aliphatic hydroxyl groups excluding tert-OH is 1. The van der Waals surface area contributed by atoms with Gasteiger partial charge in [0.2, 0.25) is 0 Å². The average Bonchev–Trinajstić information content (AvgIpc) is 2.29. The smallest absolute Gasteiger partial charge is 0.0991 e. The molecule has 0 saturated carbocycles. The highest BCUT2D eigenvalue weighted by Crippen LogP contribution is 2.12. The van der Waals surface area contributed by atoms with Gasteiger partial charge in [0.25, 0.3) is 0 Å². The fourth-order valence-electron chi connectivity index (χ4n) is 1.14. The van der Waals surface area contributed by atoms with Crippen molar-refractivity contribution in [3.63, 3.8) is 0 Å². The standard InChI is InChI=1S/C11H14N2O2/c1-2-15-13-8-11(14)10-5-3-9(7-12)4-6-10/h3-6,11,13-14H,2,8H2,1H3. The first-order valence-corrected chi connectivity index (χ1v) is 4.80. The molecule has 15 heavy (non-hydrogen) atoms. The van der Waals surface area contributed by atoms with Crippen LogP contribution >= 0.6 is 0 Å². The zero-order chi connectivity index (χ0) is 11.1. The molecule has 1 atom stereocenters. The van der Waals surface area contributed by atoms with Gasteiger partial charge in [-0.05, 0) is 24.6 Å². The van der Waals surface area contributed by atoms with Gasteiger partial charge < -0.3 is 9.94 Å². The minimum absolute atomic E-state index is 0.333. The molecule has 1 aromatic rings. The number of hydroxylamine groups is 1. The van der Waals surface area contributed by atoms with Crippen LogP contribution in [0.25, 0.3) is 0 Å². The predicted molar refractivity (Wildman–Crippen MR) is 55.7 cm³/mol. The highest BCUT2D eigenvalue weighted by molar-refractivity contribution is 5.32. The Morgan fingerprint density at radius 2 is 2.13 bits per heavy atom. The summed E-state index contributed by atoms with van der Waals surface area (Å²) in [4.78, 5) is 4.91. The van der Waals surface area contributed by atoms with E-state index in [4.69, 9.17) is 10.1 Å². The van der Waals surface area contributed by atoms with Gasteiger partial charge in [-0.1, -0.05) is 12.1 Å². The SMILES string of the molecule is CCONCC(O)c1ccc(C#N)cc1. The molecular formula is C11H14N2O2. The highest BCUT2D eigenvalue weighted by Gasteiger charge is 2.06. The van der Waals surface area contributed by atoms with Gasteiger partial charge in [0, 0.05) is 0 Å². The van der Waals surface area contributed by atoms with E-state index in [2.05, 4.69) is 5.48 Å². The third-order valence-corrected chi connectivity index (χ3v) is 1.95. The Bertz CT molecular complexity index is 329. The largest absolute Gasteiger partial charge is 0.387 e. The average molecular weight is 206 g/mol. The molecule has 0 saturated heterocycles. The Morgan fingerprint density at radius 1 is 1.47 bits per heavy atom. The first-order chi connectivity index (χ1) is 7.27. The Morgan fingerprint density at radius 3 is 2.67 bits per heavy atom. The summed E-state index contributed by atoms with van der Waals surface area (Å²) >= 11 is 0. The van der Waals surface area contributed by atoms with Crippen LogP contribution in [-0.2, 0) is 4.84 Å². The van der Waals surface area contributed by atoms with E-state index in [1.807, 2.05) is 13.0 Å². The van der Waals surface area contributed by atoms with Crippen LogP contribution in [0.4, 0.5) is 0 Å². The number of nitriles is 1. The van der Waals surface area contributed by atoms with Crippen molar-refractivity contribution in [1.29, 1.82) is 5.26 Å². The molecule has 0 fully saturated rings. The fourth-order valence-corrected chi connectivity index (χ4v) is 1.14. The quantitative estimate of drug-likeness (QED) is 0.560. The molecule has 1 aromatic carbocycles. The number of nitrogens with zero attached hydrogens (tertiary/aromatic N) is 1. The van der Waals surface area contributed by atoms with E-state index < -0.39 is 6.10 Å². The predicted octanol–water partition coefficient (Wildman–Crippen LogP) is 1.13. The monoisotopic (exact) mass is 206 g/mol. The van der Waals surface area contributed by atoms with Crippen molar-refractivity contribution in [3.8, 4) is 6.07 Å². The fraction of sp³-hybridized carbons (Fsp3) is 0.364. The maximum atomic E-state index is 9.69. The lowest BCUT2D eigenvalue weighted by Gasteiger charge is -2.11. The zero-order valence-electron chi connectivity index (χ0n) is 8.60. The zero-order valence-corrected chi connectivity index (χ0v) is 8.60. The summed E-state index contributed by atoms with van der Waals surface area (Å²) in [5.74, 6) is 0. The van der Waals surface area contributed by atoms with Gasteiger partial charge in [-0.25, -0.2) is 0 Å². The summed E-state index contributed by atoms with van der Waals surface area (Å²) in [7, 11) is 0. The van der Waals surface area contributed by atoms with E-state index in [-0.39, 0.29) is 0 Å². The summed E-state index contributed by atoms with van der Waals surface area (Å²) in [6.45, 7) is 2.75. The highest BCUT2D eigenvalue weighted by atomic mass is 16.6. The topological polar surface area (TPSA) is 65.3 Å². The molecule has 0 spiro atoms. The molecule has 0 radical (unpaired) electrons. The summed E-state index contributed by atoms with van der Waals surface area (Å²) in [6.07, 6.45) is -0.621. The van der Waals surface area contributed by atoms with Crippen molar-refractivity contribution < 1.29 is 9.94 Å². The number of rotatable bonds is 5. The second-order valence-corrected chi connectivity index (χ2v) is 3.03. The van der Waals surface area contributed by atoms with Crippen molar-refractivity contribution >= 4 is 0 Å². The molecule has 0 amide bonds. The van der Waals surface area contributed by atoms with Gasteiger partial charge >= 0.3 is 0 Å². The van der Waals surface area contributed by atoms with Crippen molar-refractivity contribution in [2.24, 2.45) is 0 Å². The van der Waals surface area contributed by atoms with Gasteiger partial charge in [-0.15, -0.1) is 0 Å².